The molecule has 0 radical (unpaired) electrons. The lowest BCUT2D eigenvalue weighted by molar-refractivity contribution is 0.0981. The molecule has 0 saturated carbocycles. The maximum absolute atomic E-state index is 12.1. The number of anilines is 1. The molecule has 0 aliphatic carbocycles. The summed E-state index contributed by atoms with van der Waals surface area (Å²) in [6, 6.07) is 14.0. The molecule has 2 aromatic heterocycles. The summed E-state index contributed by atoms with van der Waals surface area (Å²) in [5.41, 5.74) is 3.43. The molecule has 6 nitrogen and oxygen atoms in total. The normalized spacial score (nSPS) is 10.8. The first-order chi connectivity index (χ1) is 13.5. The first-order valence-corrected chi connectivity index (χ1v) is 9.65. The summed E-state index contributed by atoms with van der Waals surface area (Å²) in [5.74, 6) is 0.0541. The number of nitrogens with zero attached hydrogens (tertiary/aromatic N) is 1. The van der Waals surface area contributed by atoms with Gasteiger partial charge in [0.15, 0.2) is 10.7 Å². The Morgan fingerprint density at radius 1 is 1.21 bits per heavy atom. The lowest BCUT2D eigenvalue weighted by Gasteiger charge is -2.10. The summed E-state index contributed by atoms with van der Waals surface area (Å²) in [5, 5.41) is 17.8. The van der Waals surface area contributed by atoms with Gasteiger partial charge in [0, 0.05) is 5.69 Å². The van der Waals surface area contributed by atoms with Crippen molar-refractivity contribution in [3.63, 3.8) is 0 Å². The SMILES string of the molecule is Cc1ccc2oc(-c3cc(NC(=S)NC(=O)c4cccs4)ccc3O)nc2c1. The quantitative estimate of drug-likeness (QED) is 0.336. The van der Waals surface area contributed by atoms with Crippen molar-refractivity contribution >= 4 is 51.4 Å². The van der Waals surface area contributed by atoms with Crippen LogP contribution in [-0.4, -0.2) is 21.1 Å². The van der Waals surface area contributed by atoms with E-state index in [0.29, 0.717) is 33.1 Å². The minimum absolute atomic E-state index is 0.0300. The van der Waals surface area contributed by atoms with Crippen molar-refractivity contribution < 1.29 is 14.3 Å². The molecule has 2 heterocycles. The lowest BCUT2D eigenvalue weighted by Crippen LogP contribution is -2.33. The third-order valence-electron chi connectivity index (χ3n) is 4.00. The Bertz CT molecular complexity index is 1180. The van der Waals surface area contributed by atoms with Gasteiger partial charge in [0.05, 0.1) is 10.4 Å². The number of oxazole rings is 1. The number of carbonyl (C=O) groups is 1. The number of thiophene rings is 1. The fourth-order valence-electron chi connectivity index (χ4n) is 2.67. The largest absolute Gasteiger partial charge is 0.507 e. The Morgan fingerprint density at radius 2 is 2.07 bits per heavy atom. The van der Waals surface area contributed by atoms with Gasteiger partial charge < -0.3 is 14.8 Å². The molecule has 140 valence electrons. The number of hydrogen-bond acceptors (Lipinski definition) is 6. The van der Waals surface area contributed by atoms with Crippen molar-refractivity contribution in [2.45, 2.75) is 6.92 Å². The molecule has 0 aliphatic rings. The van der Waals surface area contributed by atoms with Crippen molar-refractivity contribution in [1.29, 1.82) is 0 Å². The van der Waals surface area contributed by atoms with E-state index in [1.807, 2.05) is 30.5 Å². The smallest absolute Gasteiger partial charge is 0.267 e. The number of rotatable bonds is 3. The van der Waals surface area contributed by atoms with Gasteiger partial charge in [-0.3, -0.25) is 10.1 Å². The van der Waals surface area contributed by atoms with Gasteiger partial charge in [-0.05, 0) is 66.5 Å². The number of phenolic OH excluding ortho intramolecular Hbond substituents is 1. The van der Waals surface area contributed by atoms with Gasteiger partial charge in [0.1, 0.15) is 11.3 Å². The average molecular weight is 409 g/mol. The number of benzene rings is 2. The molecular formula is C20H15N3O3S2. The average Bonchev–Trinajstić information content (AvgIpc) is 3.32. The molecule has 0 fully saturated rings. The third-order valence-corrected chi connectivity index (χ3v) is 5.07. The molecule has 0 saturated heterocycles. The number of carbonyl (C=O) groups excluding carboxylic acids is 1. The Kier molecular flexibility index (Phi) is 4.81. The number of hydrogen-bond donors (Lipinski definition) is 3. The highest BCUT2D eigenvalue weighted by molar-refractivity contribution is 7.80. The van der Waals surface area contributed by atoms with Gasteiger partial charge in [-0.1, -0.05) is 12.1 Å². The van der Waals surface area contributed by atoms with Crippen molar-refractivity contribution in [2.24, 2.45) is 0 Å². The lowest BCUT2D eigenvalue weighted by atomic mass is 10.1. The van der Waals surface area contributed by atoms with Crippen LogP contribution in [0.5, 0.6) is 5.75 Å². The molecule has 0 spiro atoms. The van der Waals surface area contributed by atoms with Crippen LogP contribution >= 0.6 is 23.6 Å². The fraction of sp³-hybridized carbons (Fsp3) is 0.0500. The van der Waals surface area contributed by atoms with E-state index in [-0.39, 0.29) is 16.8 Å². The summed E-state index contributed by atoms with van der Waals surface area (Å²) in [7, 11) is 0. The molecule has 0 unspecified atom stereocenters. The molecule has 0 bridgehead atoms. The molecule has 0 aliphatic heterocycles. The Labute approximate surface area is 169 Å². The summed E-state index contributed by atoms with van der Waals surface area (Å²) < 4.78 is 5.76. The Morgan fingerprint density at radius 3 is 2.86 bits per heavy atom. The van der Waals surface area contributed by atoms with Gasteiger partial charge >= 0.3 is 0 Å². The van der Waals surface area contributed by atoms with E-state index in [0.717, 1.165) is 5.56 Å². The van der Waals surface area contributed by atoms with E-state index in [1.165, 1.54) is 17.4 Å². The molecule has 3 N–H and O–H groups in total. The zero-order valence-corrected chi connectivity index (χ0v) is 16.4. The van der Waals surface area contributed by atoms with Crippen LogP contribution in [0, 0.1) is 6.92 Å². The van der Waals surface area contributed by atoms with Crippen LogP contribution in [0.15, 0.2) is 58.3 Å². The minimum atomic E-state index is -0.277. The molecule has 28 heavy (non-hydrogen) atoms. The number of aryl methyl sites for hydroxylation is 1. The third kappa shape index (κ3) is 3.73. The monoisotopic (exact) mass is 409 g/mol. The van der Waals surface area contributed by atoms with Gasteiger partial charge in [-0.25, -0.2) is 4.98 Å². The zero-order chi connectivity index (χ0) is 19.7. The van der Waals surface area contributed by atoms with E-state index in [2.05, 4.69) is 15.6 Å². The van der Waals surface area contributed by atoms with Gasteiger partial charge in [0.25, 0.3) is 5.91 Å². The van der Waals surface area contributed by atoms with Gasteiger partial charge in [-0.2, -0.15) is 0 Å². The number of nitrogens with one attached hydrogen (secondary N) is 2. The molecule has 1 amide bonds. The predicted octanol–water partition coefficient (Wildman–Crippen LogP) is 4.70. The zero-order valence-electron chi connectivity index (χ0n) is 14.7. The highest BCUT2D eigenvalue weighted by Crippen LogP contribution is 2.33. The second kappa shape index (κ2) is 7.41. The summed E-state index contributed by atoms with van der Waals surface area (Å²) in [6.45, 7) is 1.97. The second-order valence-electron chi connectivity index (χ2n) is 6.11. The second-order valence-corrected chi connectivity index (χ2v) is 7.46. The first kappa shape index (κ1) is 18.1. The molecule has 4 rings (SSSR count). The van der Waals surface area contributed by atoms with Gasteiger partial charge in [0.2, 0.25) is 5.89 Å². The number of fused-ring (bicyclic) bond motifs is 1. The number of phenols is 1. The highest BCUT2D eigenvalue weighted by Gasteiger charge is 2.14. The van der Waals surface area contributed by atoms with Crippen molar-refractivity contribution in [3.8, 4) is 17.2 Å². The molecule has 4 aromatic rings. The van der Waals surface area contributed by atoms with Crippen LogP contribution in [0.25, 0.3) is 22.6 Å². The van der Waals surface area contributed by atoms with Crippen LogP contribution in [0.1, 0.15) is 15.2 Å². The molecule has 0 atom stereocenters. The number of amides is 1. The first-order valence-electron chi connectivity index (χ1n) is 8.36. The summed E-state index contributed by atoms with van der Waals surface area (Å²) in [4.78, 5) is 17.1. The topological polar surface area (TPSA) is 87.4 Å². The van der Waals surface area contributed by atoms with E-state index in [4.69, 9.17) is 16.6 Å². The maximum atomic E-state index is 12.1. The number of aromatic nitrogens is 1. The van der Waals surface area contributed by atoms with E-state index in [1.54, 1.807) is 24.3 Å². The van der Waals surface area contributed by atoms with Crippen LogP contribution < -0.4 is 10.6 Å². The van der Waals surface area contributed by atoms with Crippen molar-refractivity contribution in [1.82, 2.24) is 10.3 Å². The summed E-state index contributed by atoms with van der Waals surface area (Å²) in [6.07, 6.45) is 0. The van der Waals surface area contributed by atoms with Crippen LogP contribution in [0.4, 0.5) is 5.69 Å². The van der Waals surface area contributed by atoms with E-state index >= 15 is 0 Å². The van der Waals surface area contributed by atoms with Crippen molar-refractivity contribution in [2.75, 3.05) is 5.32 Å². The van der Waals surface area contributed by atoms with Crippen molar-refractivity contribution in [3.05, 3.63) is 64.4 Å². The minimum Gasteiger partial charge on any atom is -0.507 e. The molecule has 8 heteroatoms. The maximum Gasteiger partial charge on any atom is 0.267 e. The molecular weight excluding hydrogens is 394 g/mol. The number of thiocarbonyl (C=S) groups is 1. The standard InChI is InChI=1S/C20H15N3O3S2/c1-11-4-7-16-14(9-11)22-19(26-16)13-10-12(5-6-15(13)24)21-20(27)23-18(25)17-3-2-8-28-17/h2-10,24H,1H3,(H2,21,23,25,27). The Hall–Kier alpha value is -3.23. The van der Waals surface area contributed by atoms with Crippen LogP contribution in [0.3, 0.4) is 0 Å². The highest BCUT2D eigenvalue weighted by atomic mass is 32.1. The molecule has 2 aromatic carbocycles. The van der Waals surface area contributed by atoms with E-state index in [9.17, 15) is 9.90 Å². The Balaban J connectivity index is 1.56. The van der Waals surface area contributed by atoms with Crippen LogP contribution in [0.2, 0.25) is 0 Å². The summed E-state index contributed by atoms with van der Waals surface area (Å²) >= 11 is 6.54. The number of aromatic hydroxyl groups is 1. The van der Waals surface area contributed by atoms with Gasteiger partial charge in [-0.15, -0.1) is 11.3 Å². The predicted molar refractivity (Wildman–Crippen MR) is 114 cm³/mol. The van der Waals surface area contributed by atoms with E-state index < -0.39 is 0 Å². The van der Waals surface area contributed by atoms with Crippen LogP contribution in [-0.2, 0) is 0 Å². The fourth-order valence-corrected chi connectivity index (χ4v) is 3.50.